The third-order valence-corrected chi connectivity index (χ3v) is 3.48. The van der Waals surface area contributed by atoms with Gasteiger partial charge in [0, 0.05) is 12.2 Å². The molecule has 7 heteroatoms. The van der Waals surface area contributed by atoms with E-state index in [-0.39, 0.29) is 5.56 Å². The van der Waals surface area contributed by atoms with Crippen molar-refractivity contribution in [3.05, 3.63) is 82.9 Å². The lowest BCUT2D eigenvalue weighted by Crippen LogP contribution is -2.06. The maximum atomic E-state index is 12.4. The van der Waals surface area contributed by atoms with Crippen molar-refractivity contribution in [2.75, 3.05) is 0 Å². The Morgan fingerprint density at radius 3 is 1.93 bits per heavy atom. The molecule has 2 rings (SSSR count). The van der Waals surface area contributed by atoms with E-state index < -0.39 is 23.7 Å². The van der Waals surface area contributed by atoms with Crippen LogP contribution in [0.2, 0.25) is 0 Å². The summed E-state index contributed by atoms with van der Waals surface area (Å²) in [6.45, 7) is 2.09. The molecule has 2 aromatic carbocycles. The Morgan fingerprint density at radius 1 is 0.893 bits per heavy atom. The summed E-state index contributed by atoms with van der Waals surface area (Å²) >= 11 is 0. The van der Waals surface area contributed by atoms with E-state index in [2.05, 4.69) is 6.92 Å². The van der Waals surface area contributed by atoms with Gasteiger partial charge in [-0.25, -0.2) is 9.59 Å². The molecule has 0 unspecified atom stereocenters. The van der Waals surface area contributed by atoms with Crippen LogP contribution in [0.25, 0.3) is 12.2 Å². The zero-order valence-corrected chi connectivity index (χ0v) is 15.0. The molecule has 0 saturated heterocycles. The minimum atomic E-state index is -4.47. The van der Waals surface area contributed by atoms with Crippen LogP contribution in [0.3, 0.4) is 0 Å². The van der Waals surface area contributed by atoms with Crippen molar-refractivity contribution in [2.24, 2.45) is 0 Å². The maximum Gasteiger partial charge on any atom is 0.416 e. The van der Waals surface area contributed by atoms with Crippen molar-refractivity contribution in [3.63, 3.8) is 0 Å². The van der Waals surface area contributed by atoms with Gasteiger partial charge in [-0.2, -0.15) is 13.2 Å². The number of hydrogen-bond acceptors (Lipinski definition) is 2. The van der Waals surface area contributed by atoms with Gasteiger partial charge in [0.25, 0.3) is 0 Å². The first-order valence-corrected chi connectivity index (χ1v) is 8.20. The van der Waals surface area contributed by atoms with Crippen molar-refractivity contribution in [3.8, 4) is 0 Å². The average Bonchev–Trinajstić information content (AvgIpc) is 2.65. The molecule has 0 atom stereocenters. The number of benzene rings is 2. The number of aliphatic carboxylic acids is 2. The fourth-order valence-corrected chi connectivity index (χ4v) is 2.09. The molecule has 28 heavy (non-hydrogen) atoms. The summed E-state index contributed by atoms with van der Waals surface area (Å²) in [6, 6.07) is 12.6. The topological polar surface area (TPSA) is 74.6 Å². The summed E-state index contributed by atoms with van der Waals surface area (Å²) in [5.74, 6) is -2.20. The van der Waals surface area contributed by atoms with E-state index >= 15 is 0 Å². The number of hydrogen-bond donors (Lipinski definition) is 2. The first-order chi connectivity index (χ1) is 13.1. The van der Waals surface area contributed by atoms with Crippen molar-refractivity contribution in [2.45, 2.75) is 19.5 Å². The van der Waals surface area contributed by atoms with Crippen LogP contribution < -0.4 is 0 Å². The lowest BCUT2D eigenvalue weighted by Gasteiger charge is -2.09. The summed E-state index contributed by atoms with van der Waals surface area (Å²) in [4.78, 5) is 20.4. The fraction of sp³-hybridized carbons (Fsp3) is 0.143. The number of rotatable bonds is 5. The van der Waals surface area contributed by atoms with Crippen LogP contribution in [-0.2, 0) is 22.2 Å². The monoisotopic (exact) mass is 392 g/mol. The summed E-state index contributed by atoms with van der Waals surface area (Å²) in [5, 5.41) is 16.7. The van der Waals surface area contributed by atoms with Gasteiger partial charge in [-0.1, -0.05) is 49.4 Å². The highest BCUT2D eigenvalue weighted by atomic mass is 19.4. The second-order valence-corrected chi connectivity index (χ2v) is 5.52. The highest BCUT2D eigenvalue weighted by Crippen LogP contribution is 2.32. The number of carbonyl (C=O) groups is 2. The molecule has 0 fully saturated rings. The second kappa shape index (κ2) is 10.7. The Bertz CT molecular complexity index is 851. The molecule has 0 aliphatic rings. The molecule has 2 aromatic rings. The Kier molecular flexibility index (Phi) is 8.68. The van der Waals surface area contributed by atoms with E-state index in [0.29, 0.717) is 6.08 Å². The zero-order valence-electron chi connectivity index (χ0n) is 15.0. The van der Waals surface area contributed by atoms with E-state index in [9.17, 15) is 22.8 Å². The molecule has 0 heterocycles. The molecular weight excluding hydrogens is 373 g/mol. The van der Waals surface area contributed by atoms with E-state index in [1.54, 1.807) is 6.08 Å². The van der Waals surface area contributed by atoms with Crippen LogP contribution in [0.1, 0.15) is 29.2 Å². The predicted molar refractivity (Wildman–Crippen MR) is 101 cm³/mol. The zero-order chi connectivity index (χ0) is 21.2. The van der Waals surface area contributed by atoms with Gasteiger partial charge in [-0.05, 0) is 41.3 Å². The summed E-state index contributed by atoms with van der Waals surface area (Å²) in [7, 11) is 0. The lowest BCUT2D eigenvalue weighted by molar-refractivity contribution is -0.138. The molecule has 0 spiro atoms. The van der Waals surface area contributed by atoms with Gasteiger partial charge in [-0.3, -0.25) is 0 Å². The Labute approximate surface area is 160 Å². The minimum Gasteiger partial charge on any atom is -0.478 e. The van der Waals surface area contributed by atoms with E-state index in [1.165, 1.54) is 23.8 Å². The van der Waals surface area contributed by atoms with Gasteiger partial charge in [0.05, 0.1) is 5.56 Å². The van der Waals surface area contributed by atoms with Crippen LogP contribution >= 0.6 is 0 Å². The van der Waals surface area contributed by atoms with Crippen molar-refractivity contribution in [1.29, 1.82) is 0 Å². The van der Waals surface area contributed by atoms with Gasteiger partial charge in [0.15, 0.2) is 0 Å². The third kappa shape index (κ3) is 8.35. The highest BCUT2D eigenvalue weighted by molar-refractivity contribution is 5.86. The first-order valence-electron chi connectivity index (χ1n) is 8.20. The quantitative estimate of drug-likeness (QED) is 0.690. The van der Waals surface area contributed by atoms with Crippen molar-refractivity contribution >= 4 is 24.1 Å². The van der Waals surface area contributed by atoms with Gasteiger partial charge in [0.1, 0.15) is 0 Å². The molecule has 0 amide bonds. The smallest absolute Gasteiger partial charge is 0.416 e. The Morgan fingerprint density at radius 2 is 1.43 bits per heavy atom. The van der Waals surface area contributed by atoms with Crippen LogP contribution in [0.4, 0.5) is 13.2 Å². The van der Waals surface area contributed by atoms with E-state index in [4.69, 9.17) is 10.2 Å². The lowest BCUT2D eigenvalue weighted by atomic mass is 10.1. The first kappa shape index (κ1) is 22.7. The molecule has 2 N–H and O–H groups in total. The molecule has 0 aliphatic heterocycles. The average molecular weight is 392 g/mol. The normalized spacial score (nSPS) is 11.3. The van der Waals surface area contributed by atoms with Crippen LogP contribution in [0.5, 0.6) is 0 Å². The standard InChI is InChI=1S/C11H12O2.C10H7F3O2/c1-2-9-3-5-10(6-4-9)7-8-11(12)13;11-10(12,13)8-4-2-1-3-7(8)5-6-9(14)15/h3-8H,2H2,1H3,(H,12,13);1-6H,(H,14,15). The molecule has 0 saturated carbocycles. The minimum absolute atomic E-state index is 0.160. The number of aryl methyl sites for hydroxylation is 1. The fourth-order valence-electron chi connectivity index (χ4n) is 2.09. The maximum absolute atomic E-state index is 12.4. The highest BCUT2D eigenvalue weighted by Gasteiger charge is 2.32. The molecule has 4 nitrogen and oxygen atoms in total. The molecule has 148 valence electrons. The molecule has 0 bridgehead atoms. The SMILES string of the molecule is CCc1ccc(C=CC(=O)O)cc1.O=C(O)C=Cc1ccccc1C(F)(F)F. The van der Waals surface area contributed by atoms with Gasteiger partial charge >= 0.3 is 18.1 Å². The largest absolute Gasteiger partial charge is 0.478 e. The molecular formula is C21H19F3O4. The van der Waals surface area contributed by atoms with Gasteiger partial charge in [-0.15, -0.1) is 0 Å². The summed E-state index contributed by atoms with van der Waals surface area (Å²) < 4.78 is 37.2. The van der Waals surface area contributed by atoms with Gasteiger partial charge < -0.3 is 10.2 Å². The van der Waals surface area contributed by atoms with E-state index in [1.807, 2.05) is 24.3 Å². The molecule has 0 aliphatic carbocycles. The predicted octanol–water partition coefficient (Wildman–Crippen LogP) is 5.15. The summed E-state index contributed by atoms with van der Waals surface area (Å²) in [5.41, 5.74) is 1.17. The van der Waals surface area contributed by atoms with Crippen molar-refractivity contribution < 1.29 is 33.0 Å². The molecule has 0 radical (unpaired) electrons. The van der Waals surface area contributed by atoms with Crippen LogP contribution in [0, 0.1) is 0 Å². The number of halogens is 3. The van der Waals surface area contributed by atoms with Crippen LogP contribution in [-0.4, -0.2) is 22.2 Å². The second-order valence-electron chi connectivity index (χ2n) is 5.52. The number of alkyl halides is 3. The Hall–Kier alpha value is -3.35. The van der Waals surface area contributed by atoms with Gasteiger partial charge in [0.2, 0.25) is 0 Å². The number of carboxylic acids is 2. The van der Waals surface area contributed by atoms with E-state index in [0.717, 1.165) is 30.2 Å². The third-order valence-electron chi connectivity index (χ3n) is 3.48. The van der Waals surface area contributed by atoms with Crippen LogP contribution in [0.15, 0.2) is 60.7 Å². The van der Waals surface area contributed by atoms with Crippen molar-refractivity contribution in [1.82, 2.24) is 0 Å². The summed E-state index contributed by atoms with van der Waals surface area (Å²) in [6.07, 6.45) is 0.848. The molecule has 0 aromatic heterocycles. The Balaban J connectivity index is 0.000000283. The number of carboxylic acid groups (broad SMARTS) is 2.